The van der Waals surface area contributed by atoms with Crippen molar-refractivity contribution in [2.45, 2.75) is 19.1 Å². The predicted octanol–water partition coefficient (Wildman–Crippen LogP) is 0.892. The van der Waals surface area contributed by atoms with Crippen molar-refractivity contribution in [2.75, 3.05) is 26.4 Å². The summed E-state index contributed by atoms with van der Waals surface area (Å²) in [6, 6.07) is 0. The summed E-state index contributed by atoms with van der Waals surface area (Å²) in [5, 5.41) is 0. The Bertz CT molecular complexity index is 553. The van der Waals surface area contributed by atoms with Crippen LogP contribution in [0.5, 0.6) is 0 Å². The fourth-order valence-electron chi connectivity index (χ4n) is 1.42. The molecular weight excluding hydrogens is 340 g/mol. The third-order valence-electron chi connectivity index (χ3n) is 2.63. The Morgan fingerprint density at radius 2 is 1.96 bits per heavy atom. The molecule has 0 saturated carbocycles. The minimum Gasteiger partial charge on any atom is -0.458 e. The van der Waals surface area contributed by atoms with Gasteiger partial charge in [0.25, 0.3) is 0 Å². The Morgan fingerprint density at radius 3 is 2.52 bits per heavy atom. The number of hydrogen-bond acceptors (Lipinski definition) is 10. The average Bonchev–Trinajstić information content (AvgIpc) is 2.99. The zero-order valence-corrected chi connectivity index (χ0v) is 13.6. The summed E-state index contributed by atoms with van der Waals surface area (Å²) >= 11 is 0. The number of rotatable bonds is 9. The molecule has 10 heteroatoms. The van der Waals surface area contributed by atoms with Gasteiger partial charge in [-0.25, -0.2) is 19.2 Å². The molecule has 0 spiro atoms. The van der Waals surface area contributed by atoms with Crippen LogP contribution in [0.2, 0.25) is 0 Å². The van der Waals surface area contributed by atoms with Gasteiger partial charge in [-0.3, -0.25) is 0 Å². The van der Waals surface area contributed by atoms with Crippen molar-refractivity contribution in [2.24, 2.45) is 0 Å². The molecule has 0 aliphatic carbocycles. The topological polar surface area (TPSA) is 124 Å². The highest BCUT2D eigenvalue weighted by Crippen LogP contribution is 2.08. The van der Waals surface area contributed by atoms with Gasteiger partial charge >= 0.3 is 24.2 Å². The molecule has 1 saturated heterocycles. The van der Waals surface area contributed by atoms with E-state index in [0.717, 1.165) is 6.08 Å². The van der Waals surface area contributed by atoms with Crippen LogP contribution < -0.4 is 0 Å². The van der Waals surface area contributed by atoms with Crippen LogP contribution in [0.15, 0.2) is 24.8 Å². The molecule has 0 aromatic heterocycles. The zero-order valence-electron chi connectivity index (χ0n) is 13.6. The standard InChI is InChI=1S/C15H18O10/c1-4-12(16)20-5-10(6-21-13(17)9(2)3)24-14(18)22-7-11-8-23-15(19)25-11/h4,10-11H,1-2,5-8H2,3H3. The normalized spacial score (nSPS) is 16.7. The first-order valence-electron chi connectivity index (χ1n) is 7.10. The van der Waals surface area contributed by atoms with E-state index in [-0.39, 0.29) is 32.0 Å². The summed E-state index contributed by atoms with van der Waals surface area (Å²) in [5.41, 5.74) is 0.146. The third-order valence-corrected chi connectivity index (χ3v) is 2.63. The zero-order chi connectivity index (χ0) is 18.8. The first-order valence-corrected chi connectivity index (χ1v) is 7.10. The second kappa shape index (κ2) is 9.96. The van der Waals surface area contributed by atoms with E-state index in [9.17, 15) is 19.2 Å². The Labute approximate surface area is 143 Å². The lowest BCUT2D eigenvalue weighted by molar-refractivity contribution is -0.148. The Hall–Kier alpha value is -3.04. The molecular formula is C15H18O10. The van der Waals surface area contributed by atoms with Gasteiger partial charge in [-0.2, -0.15) is 0 Å². The van der Waals surface area contributed by atoms with Crippen LogP contribution >= 0.6 is 0 Å². The Kier molecular flexibility index (Phi) is 7.97. The van der Waals surface area contributed by atoms with Crippen molar-refractivity contribution in [3.8, 4) is 0 Å². The highest BCUT2D eigenvalue weighted by atomic mass is 16.8. The molecule has 1 aliphatic heterocycles. The predicted molar refractivity (Wildman–Crippen MR) is 79.4 cm³/mol. The van der Waals surface area contributed by atoms with E-state index in [0.29, 0.717) is 0 Å². The molecule has 1 heterocycles. The maximum Gasteiger partial charge on any atom is 0.508 e. The lowest BCUT2D eigenvalue weighted by Gasteiger charge is -2.17. The third kappa shape index (κ3) is 7.86. The monoisotopic (exact) mass is 358 g/mol. The van der Waals surface area contributed by atoms with Crippen LogP contribution in [0.3, 0.4) is 0 Å². The molecule has 0 radical (unpaired) electrons. The van der Waals surface area contributed by atoms with Gasteiger partial charge < -0.3 is 28.4 Å². The number of cyclic esters (lactones) is 2. The summed E-state index contributed by atoms with van der Waals surface area (Å²) in [6.45, 7) is 6.96. The number of hydrogen-bond donors (Lipinski definition) is 0. The fraction of sp³-hybridized carbons (Fsp3) is 0.467. The highest BCUT2D eigenvalue weighted by Gasteiger charge is 2.27. The van der Waals surface area contributed by atoms with Crippen molar-refractivity contribution in [1.29, 1.82) is 0 Å². The van der Waals surface area contributed by atoms with E-state index < -0.39 is 36.5 Å². The van der Waals surface area contributed by atoms with E-state index in [1.807, 2.05) is 0 Å². The van der Waals surface area contributed by atoms with Gasteiger partial charge in [0, 0.05) is 11.6 Å². The molecule has 2 unspecified atom stereocenters. The van der Waals surface area contributed by atoms with Gasteiger partial charge in [0.15, 0.2) is 12.2 Å². The lowest BCUT2D eigenvalue weighted by Crippen LogP contribution is -2.32. The van der Waals surface area contributed by atoms with E-state index in [1.54, 1.807) is 0 Å². The second-order valence-electron chi connectivity index (χ2n) is 4.81. The molecule has 1 rings (SSSR count). The van der Waals surface area contributed by atoms with E-state index in [2.05, 4.69) is 22.6 Å². The highest BCUT2D eigenvalue weighted by molar-refractivity contribution is 5.86. The van der Waals surface area contributed by atoms with Crippen LogP contribution in [0.25, 0.3) is 0 Å². The molecule has 0 N–H and O–H groups in total. The van der Waals surface area contributed by atoms with Crippen LogP contribution in [-0.2, 0) is 38.0 Å². The molecule has 0 amide bonds. The fourth-order valence-corrected chi connectivity index (χ4v) is 1.42. The first kappa shape index (κ1) is 20.0. The number of carbonyl (C=O) groups excluding carboxylic acids is 4. The van der Waals surface area contributed by atoms with Crippen LogP contribution in [0, 0.1) is 0 Å². The van der Waals surface area contributed by atoms with Crippen LogP contribution in [0.4, 0.5) is 9.59 Å². The van der Waals surface area contributed by atoms with E-state index >= 15 is 0 Å². The van der Waals surface area contributed by atoms with E-state index in [1.165, 1.54) is 6.92 Å². The molecule has 1 aliphatic rings. The number of carbonyl (C=O) groups is 4. The second-order valence-corrected chi connectivity index (χ2v) is 4.81. The minimum absolute atomic E-state index is 0.0529. The molecule has 0 bridgehead atoms. The Morgan fingerprint density at radius 1 is 1.28 bits per heavy atom. The first-order chi connectivity index (χ1) is 11.8. The number of esters is 2. The summed E-state index contributed by atoms with van der Waals surface area (Å²) < 4.78 is 28.4. The van der Waals surface area contributed by atoms with Gasteiger partial charge in [0.2, 0.25) is 0 Å². The molecule has 138 valence electrons. The minimum atomic E-state index is -1.13. The van der Waals surface area contributed by atoms with Crippen molar-refractivity contribution in [1.82, 2.24) is 0 Å². The van der Waals surface area contributed by atoms with Gasteiger partial charge in [0.05, 0.1) is 0 Å². The summed E-state index contributed by atoms with van der Waals surface area (Å²) in [5.74, 6) is -1.45. The largest absolute Gasteiger partial charge is 0.508 e. The average molecular weight is 358 g/mol. The molecule has 1 fully saturated rings. The number of ether oxygens (including phenoxy) is 6. The van der Waals surface area contributed by atoms with Gasteiger partial charge in [0.1, 0.15) is 26.4 Å². The van der Waals surface area contributed by atoms with Gasteiger partial charge in [-0.05, 0) is 6.92 Å². The molecule has 25 heavy (non-hydrogen) atoms. The summed E-state index contributed by atoms with van der Waals surface area (Å²) in [4.78, 5) is 44.8. The van der Waals surface area contributed by atoms with Gasteiger partial charge in [-0.1, -0.05) is 13.2 Å². The summed E-state index contributed by atoms with van der Waals surface area (Å²) in [7, 11) is 0. The molecule has 10 nitrogen and oxygen atoms in total. The van der Waals surface area contributed by atoms with Gasteiger partial charge in [-0.15, -0.1) is 0 Å². The smallest absolute Gasteiger partial charge is 0.458 e. The molecule has 0 aromatic rings. The van der Waals surface area contributed by atoms with Crippen molar-refractivity contribution in [3.05, 3.63) is 24.8 Å². The van der Waals surface area contributed by atoms with Crippen LogP contribution in [0.1, 0.15) is 6.92 Å². The van der Waals surface area contributed by atoms with Crippen molar-refractivity contribution < 1.29 is 47.6 Å². The van der Waals surface area contributed by atoms with Crippen molar-refractivity contribution >= 4 is 24.2 Å². The van der Waals surface area contributed by atoms with Crippen molar-refractivity contribution in [3.63, 3.8) is 0 Å². The quantitative estimate of drug-likeness (QED) is 0.333. The molecule has 2 atom stereocenters. The summed E-state index contributed by atoms with van der Waals surface area (Å²) in [6.07, 6.45) is -2.92. The molecule has 0 aromatic carbocycles. The SMILES string of the molecule is C=CC(=O)OCC(COC(=O)C(=C)C)OC(=O)OCC1COC(=O)O1. The Balaban J connectivity index is 2.45. The maximum absolute atomic E-state index is 11.6. The lowest BCUT2D eigenvalue weighted by atomic mass is 10.3. The van der Waals surface area contributed by atoms with E-state index in [4.69, 9.17) is 18.9 Å². The van der Waals surface area contributed by atoms with Crippen LogP contribution in [-0.4, -0.2) is 62.9 Å². The maximum atomic E-state index is 11.6.